The third-order valence-corrected chi connectivity index (χ3v) is 15.7. The van der Waals surface area contributed by atoms with Crippen LogP contribution >= 0.6 is 23.1 Å². The molecule has 0 aliphatic heterocycles. The maximum absolute atomic E-state index is 12.5. The highest BCUT2D eigenvalue weighted by Crippen LogP contribution is 2.28. The molecule has 12 heteroatoms. The molecule has 0 saturated heterocycles. The summed E-state index contributed by atoms with van der Waals surface area (Å²) in [6.07, 6.45) is 15.1. The van der Waals surface area contributed by atoms with Gasteiger partial charge in [-0.1, -0.05) is 71.7 Å². The number of carbonyl (C=O) groups is 2. The van der Waals surface area contributed by atoms with Gasteiger partial charge in [0.2, 0.25) is 0 Å². The minimum absolute atomic E-state index is 0. The van der Waals surface area contributed by atoms with Crippen molar-refractivity contribution >= 4 is 55.7 Å². The Bertz CT molecular complexity index is 1510. The lowest BCUT2D eigenvalue weighted by atomic mass is 9.87. The number of unbranched alkanes of at least 4 members (excludes halogenated alkanes) is 2. The second-order valence-corrected chi connectivity index (χ2v) is 23.2. The van der Waals surface area contributed by atoms with Crippen molar-refractivity contribution in [3.05, 3.63) is 70.8 Å². The Morgan fingerprint density at radius 3 is 1.26 bits per heavy atom. The van der Waals surface area contributed by atoms with E-state index in [1.807, 2.05) is 65.8 Å². The fourth-order valence-electron chi connectivity index (χ4n) is 6.82. The van der Waals surface area contributed by atoms with E-state index in [9.17, 15) is 18.0 Å². The fraction of sp³-hybridized carbons (Fsp3) is 0.714. The van der Waals surface area contributed by atoms with Gasteiger partial charge in [-0.05, 0) is 190 Å². The number of nitrogens with two attached hydrogens (primary N) is 1. The third kappa shape index (κ3) is 25.9. The van der Waals surface area contributed by atoms with Gasteiger partial charge in [-0.25, -0.2) is 4.21 Å². The van der Waals surface area contributed by atoms with Gasteiger partial charge in [-0.2, -0.15) is 0 Å². The van der Waals surface area contributed by atoms with Crippen LogP contribution in [0.2, 0.25) is 0 Å². The van der Waals surface area contributed by atoms with Crippen molar-refractivity contribution in [2.24, 2.45) is 11.7 Å². The number of halogens is 2. The molecular weight excluding hydrogens is 844 g/mol. The summed E-state index contributed by atoms with van der Waals surface area (Å²) in [5.41, 5.74) is 10.0. The number of hydrogen-bond donors (Lipinski definition) is 3. The first kappa shape index (κ1) is 59.2. The third-order valence-electron chi connectivity index (χ3n) is 11.3. The molecule has 8 nitrogen and oxygen atoms in total. The second kappa shape index (κ2) is 31.9. The number of aryl methyl sites for hydroxylation is 2. The van der Waals surface area contributed by atoms with E-state index in [2.05, 4.69) is 74.4 Å². The van der Waals surface area contributed by atoms with Gasteiger partial charge in [0.1, 0.15) is 10.0 Å². The van der Waals surface area contributed by atoms with E-state index < -0.39 is 20.8 Å². The molecule has 0 spiro atoms. The fourth-order valence-corrected chi connectivity index (χ4v) is 8.08. The minimum atomic E-state index is -1.21. The Labute approximate surface area is 388 Å². The van der Waals surface area contributed by atoms with Crippen molar-refractivity contribution in [3.63, 3.8) is 0 Å². The summed E-state index contributed by atoms with van der Waals surface area (Å²) >= 11 is 0. The summed E-state index contributed by atoms with van der Waals surface area (Å²) < 4.78 is 22.3. The highest BCUT2D eigenvalue weighted by Gasteiger charge is 2.28. The number of benzene rings is 2. The van der Waals surface area contributed by atoms with Crippen LogP contribution in [0.25, 0.3) is 0 Å². The molecule has 0 radical (unpaired) electrons. The summed E-state index contributed by atoms with van der Waals surface area (Å²) in [7, 11) is 3.24. The molecule has 2 amide bonds. The van der Waals surface area contributed by atoms with Gasteiger partial charge in [0.05, 0.1) is 4.75 Å². The van der Waals surface area contributed by atoms with E-state index in [4.69, 9.17) is 16.4 Å². The minimum Gasteiger partial charge on any atom is -0.349 e. The zero-order chi connectivity index (χ0) is 45.3. The molecule has 2 aromatic carbocycles. The summed E-state index contributed by atoms with van der Waals surface area (Å²) in [6, 6.07) is 16.9. The van der Waals surface area contributed by atoms with Gasteiger partial charge in [-0.3, -0.25) is 13.8 Å². The maximum atomic E-state index is 12.5. The topological polar surface area (TPSA) is 122 Å². The lowest BCUT2D eigenvalue weighted by Gasteiger charge is -2.30. The molecule has 0 aromatic heterocycles. The average Bonchev–Trinajstić information content (AvgIpc) is 3.22. The molecule has 61 heavy (non-hydrogen) atoms. The molecule has 0 heterocycles. The van der Waals surface area contributed by atoms with Crippen LogP contribution in [0.1, 0.15) is 185 Å². The standard InChI is InChI=1S/C22H35NO2S.C17H26N2O.C6H15N.C4H9ClOS.ClH/c1-5-6-7-17-8-12-19(13-9-17)21(24)23-20-14-10-18(11-15-20)16-26(25)22(2,3)4;1-2-3-4-13-5-7-14(8-6-13)17(20)19-16-11-9-15(18)10-12-16;1-4-7(5-2)6-3;1-4(2,3)7(5)6;/h8-9,12-13,18,20H,5-7,10-11,14-16H2,1-4H3,(H,23,24);5-8,15-16H,2-4,9-12,18H2,1H3,(H,19,20);4-6H2,1-3H3;1-3H3;1H. The first-order chi connectivity index (χ1) is 28.3. The Morgan fingerprint density at radius 2 is 0.984 bits per heavy atom. The van der Waals surface area contributed by atoms with Gasteiger partial charge in [0, 0.05) is 50.6 Å². The van der Waals surface area contributed by atoms with E-state index in [1.54, 1.807) is 0 Å². The molecule has 2 saturated carbocycles. The van der Waals surface area contributed by atoms with Crippen molar-refractivity contribution in [3.8, 4) is 0 Å². The van der Waals surface area contributed by atoms with Gasteiger partial charge in [0.15, 0.2) is 0 Å². The number of nitrogens with zero attached hydrogens (tertiary/aromatic N) is 1. The molecule has 4 N–H and O–H groups in total. The van der Waals surface area contributed by atoms with Gasteiger partial charge >= 0.3 is 0 Å². The van der Waals surface area contributed by atoms with E-state index in [0.29, 0.717) is 18.0 Å². The number of hydrogen-bond acceptors (Lipinski definition) is 6. The van der Waals surface area contributed by atoms with Gasteiger partial charge in [0.25, 0.3) is 11.8 Å². The number of nitrogens with one attached hydrogen (secondary N) is 2. The Kier molecular flexibility index (Phi) is 31.0. The number of carbonyl (C=O) groups excluding carboxylic acids is 2. The molecular formula is C49H86Cl2N4O4S2. The van der Waals surface area contributed by atoms with Crippen molar-refractivity contribution in [2.45, 2.75) is 194 Å². The maximum Gasteiger partial charge on any atom is 0.251 e. The van der Waals surface area contributed by atoms with Crippen LogP contribution in [0.4, 0.5) is 0 Å². The van der Waals surface area contributed by atoms with Gasteiger partial charge in [-0.15, -0.1) is 12.4 Å². The van der Waals surface area contributed by atoms with Crippen LogP contribution in [-0.4, -0.2) is 78.1 Å². The Hall–Kier alpha value is -1.82. The summed E-state index contributed by atoms with van der Waals surface area (Å²) in [5, 5.41) is 6.31. The van der Waals surface area contributed by atoms with Crippen LogP contribution in [-0.2, 0) is 33.7 Å². The van der Waals surface area contributed by atoms with Crippen molar-refractivity contribution in [2.75, 3.05) is 25.4 Å². The molecule has 4 rings (SSSR count). The molecule has 352 valence electrons. The normalized spacial score (nSPS) is 19.8. The predicted molar refractivity (Wildman–Crippen MR) is 268 cm³/mol. The first-order valence-corrected chi connectivity index (χ1v) is 26.3. The molecule has 2 aliphatic carbocycles. The molecule has 2 atom stereocenters. The highest BCUT2D eigenvalue weighted by atomic mass is 35.7. The van der Waals surface area contributed by atoms with Crippen molar-refractivity contribution < 1.29 is 18.0 Å². The quantitative estimate of drug-likeness (QED) is 0.153. The molecule has 2 aliphatic rings. The van der Waals surface area contributed by atoms with E-state index in [1.165, 1.54) is 56.4 Å². The molecule has 2 fully saturated rings. The largest absolute Gasteiger partial charge is 0.349 e. The van der Waals surface area contributed by atoms with Crippen molar-refractivity contribution in [1.82, 2.24) is 15.5 Å². The second-order valence-electron chi connectivity index (χ2n) is 18.5. The summed E-state index contributed by atoms with van der Waals surface area (Å²) in [5.74, 6) is 1.41. The van der Waals surface area contributed by atoms with Gasteiger partial charge < -0.3 is 21.3 Å². The average molecular weight is 930 g/mol. The lowest BCUT2D eigenvalue weighted by molar-refractivity contribution is 0.0916. The summed E-state index contributed by atoms with van der Waals surface area (Å²) in [6.45, 7) is 26.1. The summed E-state index contributed by atoms with van der Waals surface area (Å²) in [4.78, 5) is 27.0. The van der Waals surface area contributed by atoms with Crippen LogP contribution in [0.3, 0.4) is 0 Å². The zero-order valence-corrected chi connectivity index (χ0v) is 43.1. The number of amides is 2. The van der Waals surface area contributed by atoms with Crippen LogP contribution in [0, 0.1) is 5.92 Å². The smallest absolute Gasteiger partial charge is 0.251 e. The van der Waals surface area contributed by atoms with E-state index in [0.717, 1.165) is 81.1 Å². The SMILES string of the molecule is CC(C)(C)S(=O)Cl.CCCCc1ccc(C(=O)NC2CCC(CS(=O)C(C)(C)C)CC2)cc1.CCCCc1ccc(C(=O)NC2CCC(N)CC2)cc1.CCN(CC)CC.Cl. The monoisotopic (exact) mass is 929 g/mol. The predicted octanol–water partition coefficient (Wildman–Crippen LogP) is 11.4. The highest BCUT2D eigenvalue weighted by molar-refractivity contribution is 8.09. The Morgan fingerprint density at radius 1 is 0.639 bits per heavy atom. The molecule has 2 aromatic rings. The van der Waals surface area contributed by atoms with Crippen LogP contribution < -0.4 is 16.4 Å². The first-order valence-electron chi connectivity index (χ1n) is 23.0. The van der Waals surface area contributed by atoms with Crippen molar-refractivity contribution in [1.29, 1.82) is 0 Å². The number of rotatable bonds is 15. The zero-order valence-electron chi connectivity index (χ0n) is 39.9. The van der Waals surface area contributed by atoms with Crippen LogP contribution in [0.15, 0.2) is 48.5 Å². The van der Waals surface area contributed by atoms with E-state index in [-0.39, 0.29) is 39.8 Å². The Balaban J connectivity index is 0.000000904. The molecule has 2 unspecified atom stereocenters. The molecule has 0 bridgehead atoms. The van der Waals surface area contributed by atoms with Crippen LogP contribution in [0.5, 0.6) is 0 Å². The lowest BCUT2D eigenvalue weighted by Crippen LogP contribution is -2.40. The van der Waals surface area contributed by atoms with E-state index >= 15 is 0 Å².